The molecule has 1 saturated carbocycles. The molecule has 0 spiro atoms. The molecular formula is C13H21NOS. The fourth-order valence-corrected chi connectivity index (χ4v) is 3.29. The Bertz CT molecular complexity index is 310. The zero-order valence-electron chi connectivity index (χ0n) is 10.1. The predicted molar refractivity (Wildman–Crippen MR) is 68.6 cm³/mol. The fraction of sp³-hybridized carbons (Fsp3) is 0.692. The smallest absolute Gasteiger partial charge is 0.0695 e. The van der Waals surface area contributed by atoms with Crippen molar-refractivity contribution < 1.29 is 5.11 Å². The normalized spacial score (nSPS) is 25.8. The number of nitrogens with zero attached hydrogens (tertiary/aromatic N) is 1. The van der Waals surface area contributed by atoms with Crippen LogP contribution in [0.4, 0.5) is 0 Å². The summed E-state index contributed by atoms with van der Waals surface area (Å²) >= 11 is 1.81. The number of thiophene rings is 1. The van der Waals surface area contributed by atoms with Crippen molar-refractivity contribution in [1.29, 1.82) is 0 Å². The Labute approximate surface area is 102 Å². The molecule has 2 rings (SSSR count). The summed E-state index contributed by atoms with van der Waals surface area (Å²) in [6.07, 6.45) is 3.16. The van der Waals surface area contributed by atoms with E-state index in [1.165, 1.54) is 11.3 Å². The Kier molecular flexibility index (Phi) is 4.00. The maximum atomic E-state index is 10.00. The van der Waals surface area contributed by atoms with Crippen LogP contribution in [0.25, 0.3) is 0 Å². The first-order chi connectivity index (χ1) is 7.68. The van der Waals surface area contributed by atoms with Crippen LogP contribution in [0.3, 0.4) is 0 Å². The van der Waals surface area contributed by atoms with E-state index in [0.717, 1.165) is 19.4 Å². The van der Waals surface area contributed by atoms with Crippen LogP contribution in [-0.4, -0.2) is 28.2 Å². The van der Waals surface area contributed by atoms with Gasteiger partial charge in [0.2, 0.25) is 0 Å². The van der Waals surface area contributed by atoms with Crippen LogP contribution in [-0.2, 0) is 6.54 Å². The molecule has 0 radical (unpaired) electrons. The van der Waals surface area contributed by atoms with Gasteiger partial charge in [-0.2, -0.15) is 0 Å². The third-order valence-corrected chi connectivity index (χ3v) is 4.31. The lowest BCUT2D eigenvalue weighted by atomic mass is 10.1. The summed E-state index contributed by atoms with van der Waals surface area (Å²) in [5.74, 6) is 0. The van der Waals surface area contributed by atoms with Crippen LogP contribution >= 0.6 is 11.3 Å². The molecule has 3 heteroatoms. The second kappa shape index (κ2) is 5.30. The Morgan fingerprint density at radius 1 is 1.50 bits per heavy atom. The van der Waals surface area contributed by atoms with E-state index in [1.54, 1.807) is 11.3 Å². The molecule has 0 saturated heterocycles. The molecule has 0 amide bonds. The third kappa shape index (κ3) is 2.65. The molecule has 90 valence electrons. The SMILES string of the molecule is CC(C)N(Cc1cccs1)C1CCCC1O. The van der Waals surface area contributed by atoms with Gasteiger partial charge in [0, 0.05) is 23.5 Å². The van der Waals surface area contributed by atoms with Gasteiger partial charge >= 0.3 is 0 Å². The van der Waals surface area contributed by atoms with E-state index in [-0.39, 0.29) is 6.10 Å². The van der Waals surface area contributed by atoms with E-state index in [2.05, 4.69) is 36.3 Å². The van der Waals surface area contributed by atoms with Crippen molar-refractivity contribution >= 4 is 11.3 Å². The van der Waals surface area contributed by atoms with E-state index in [9.17, 15) is 5.11 Å². The van der Waals surface area contributed by atoms with E-state index in [4.69, 9.17) is 0 Å². The van der Waals surface area contributed by atoms with Gasteiger partial charge in [0.05, 0.1) is 6.10 Å². The van der Waals surface area contributed by atoms with Gasteiger partial charge in [-0.3, -0.25) is 4.90 Å². The molecule has 1 aliphatic carbocycles. The van der Waals surface area contributed by atoms with Crippen LogP contribution in [0.1, 0.15) is 38.0 Å². The summed E-state index contributed by atoms with van der Waals surface area (Å²) in [5.41, 5.74) is 0. The number of hydrogen-bond acceptors (Lipinski definition) is 3. The molecule has 0 aliphatic heterocycles. The van der Waals surface area contributed by atoms with E-state index in [1.807, 2.05) is 0 Å². The maximum absolute atomic E-state index is 10.00. The quantitative estimate of drug-likeness (QED) is 0.873. The van der Waals surface area contributed by atoms with Crippen molar-refractivity contribution in [3.63, 3.8) is 0 Å². The summed E-state index contributed by atoms with van der Waals surface area (Å²) in [4.78, 5) is 3.84. The Balaban J connectivity index is 2.05. The van der Waals surface area contributed by atoms with E-state index >= 15 is 0 Å². The summed E-state index contributed by atoms with van der Waals surface area (Å²) in [7, 11) is 0. The van der Waals surface area contributed by atoms with Crippen molar-refractivity contribution in [3.8, 4) is 0 Å². The van der Waals surface area contributed by atoms with Gasteiger partial charge in [0.15, 0.2) is 0 Å². The molecule has 16 heavy (non-hydrogen) atoms. The molecule has 1 aliphatic rings. The zero-order chi connectivity index (χ0) is 11.5. The summed E-state index contributed by atoms with van der Waals surface area (Å²) in [6.45, 7) is 5.42. The number of aliphatic hydroxyl groups excluding tert-OH is 1. The third-order valence-electron chi connectivity index (χ3n) is 3.45. The predicted octanol–water partition coefficient (Wildman–Crippen LogP) is 2.87. The van der Waals surface area contributed by atoms with Crippen LogP contribution in [0.2, 0.25) is 0 Å². The summed E-state index contributed by atoms with van der Waals surface area (Å²) < 4.78 is 0. The van der Waals surface area contributed by atoms with Crippen LogP contribution in [0, 0.1) is 0 Å². The highest BCUT2D eigenvalue weighted by Gasteiger charge is 2.32. The summed E-state index contributed by atoms with van der Waals surface area (Å²) in [6, 6.07) is 5.15. The van der Waals surface area contributed by atoms with E-state index in [0.29, 0.717) is 12.1 Å². The minimum atomic E-state index is -0.123. The van der Waals surface area contributed by atoms with Gasteiger partial charge in [-0.25, -0.2) is 0 Å². The van der Waals surface area contributed by atoms with Gasteiger partial charge in [-0.1, -0.05) is 6.07 Å². The molecule has 2 atom stereocenters. The lowest BCUT2D eigenvalue weighted by Gasteiger charge is -2.34. The second-order valence-electron chi connectivity index (χ2n) is 4.91. The average Bonchev–Trinajstić information content (AvgIpc) is 2.85. The first-order valence-corrected chi connectivity index (χ1v) is 7.02. The molecule has 1 fully saturated rings. The van der Waals surface area contributed by atoms with Gasteiger partial charge in [-0.15, -0.1) is 11.3 Å². The standard InChI is InChI=1S/C13H21NOS/c1-10(2)14(9-11-5-4-8-16-11)12-6-3-7-13(12)15/h4-5,8,10,12-13,15H,3,6-7,9H2,1-2H3. The minimum absolute atomic E-state index is 0.123. The highest BCUT2D eigenvalue weighted by atomic mass is 32.1. The first kappa shape index (κ1) is 12.1. The maximum Gasteiger partial charge on any atom is 0.0695 e. The molecule has 0 aromatic carbocycles. The van der Waals surface area contributed by atoms with Gasteiger partial charge in [-0.05, 0) is 44.6 Å². The Hall–Kier alpha value is -0.380. The van der Waals surface area contributed by atoms with Crippen molar-refractivity contribution in [2.45, 2.75) is 57.8 Å². The van der Waals surface area contributed by atoms with E-state index < -0.39 is 0 Å². The Morgan fingerprint density at radius 3 is 2.81 bits per heavy atom. The molecule has 2 nitrogen and oxygen atoms in total. The molecule has 0 bridgehead atoms. The van der Waals surface area contributed by atoms with Crippen molar-refractivity contribution in [2.75, 3.05) is 0 Å². The van der Waals surface area contributed by atoms with Crippen molar-refractivity contribution in [3.05, 3.63) is 22.4 Å². The van der Waals surface area contributed by atoms with Gasteiger partial charge < -0.3 is 5.11 Å². The minimum Gasteiger partial charge on any atom is -0.391 e. The average molecular weight is 239 g/mol. The van der Waals surface area contributed by atoms with Crippen molar-refractivity contribution in [2.24, 2.45) is 0 Å². The number of aliphatic hydroxyl groups is 1. The highest BCUT2D eigenvalue weighted by molar-refractivity contribution is 7.09. The Morgan fingerprint density at radius 2 is 2.31 bits per heavy atom. The largest absolute Gasteiger partial charge is 0.391 e. The van der Waals surface area contributed by atoms with Crippen LogP contribution < -0.4 is 0 Å². The molecule has 1 heterocycles. The molecule has 2 unspecified atom stereocenters. The first-order valence-electron chi connectivity index (χ1n) is 6.14. The van der Waals surface area contributed by atoms with Gasteiger partial charge in [0.25, 0.3) is 0 Å². The molecule has 1 N–H and O–H groups in total. The lowest BCUT2D eigenvalue weighted by molar-refractivity contribution is 0.0471. The van der Waals surface area contributed by atoms with Crippen LogP contribution in [0.5, 0.6) is 0 Å². The zero-order valence-corrected chi connectivity index (χ0v) is 10.9. The molecule has 1 aromatic heterocycles. The van der Waals surface area contributed by atoms with Crippen molar-refractivity contribution in [1.82, 2.24) is 4.90 Å². The topological polar surface area (TPSA) is 23.5 Å². The molecule has 1 aromatic rings. The number of hydrogen-bond donors (Lipinski definition) is 1. The molecular weight excluding hydrogens is 218 g/mol. The fourth-order valence-electron chi connectivity index (χ4n) is 2.57. The monoisotopic (exact) mass is 239 g/mol. The summed E-state index contributed by atoms with van der Waals surface area (Å²) in [5, 5.41) is 12.1. The lowest BCUT2D eigenvalue weighted by Crippen LogP contribution is -2.43. The van der Waals surface area contributed by atoms with Crippen LogP contribution in [0.15, 0.2) is 17.5 Å². The highest BCUT2D eigenvalue weighted by Crippen LogP contribution is 2.27. The van der Waals surface area contributed by atoms with Gasteiger partial charge in [0.1, 0.15) is 0 Å². The second-order valence-corrected chi connectivity index (χ2v) is 5.94. The number of rotatable bonds is 4.